The van der Waals surface area contributed by atoms with Gasteiger partial charge >= 0.3 is 0 Å². The van der Waals surface area contributed by atoms with Crippen molar-refractivity contribution in [3.63, 3.8) is 0 Å². The Morgan fingerprint density at radius 2 is 1.58 bits per heavy atom. The number of hydrogen-bond acceptors (Lipinski definition) is 5. The molecule has 0 unspecified atom stereocenters. The van der Waals surface area contributed by atoms with Crippen LogP contribution in [0.5, 0.6) is 0 Å². The van der Waals surface area contributed by atoms with Gasteiger partial charge in [0.1, 0.15) is 0 Å². The van der Waals surface area contributed by atoms with E-state index in [9.17, 15) is 14.4 Å². The summed E-state index contributed by atoms with van der Waals surface area (Å²) in [5.74, 6) is -0.145. The number of Topliss-reactive ketones (excluding diaryl/α,β-unsaturated/α-hetero) is 2. The maximum Gasteiger partial charge on any atom is 0.253 e. The molecular weight excluding hydrogens is 482 g/mol. The number of carbonyl (C=O) groups is 3. The first-order chi connectivity index (χ1) is 16.0. The average molecular weight is 510 g/mol. The summed E-state index contributed by atoms with van der Waals surface area (Å²) in [4.78, 5) is 41.9. The van der Waals surface area contributed by atoms with Crippen LogP contribution < -0.4 is 5.32 Å². The molecule has 0 radical (unpaired) electrons. The zero-order valence-corrected chi connectivity index (χ0v) is 20.1. The molecule has 0 spiro atoms. The zero-order chi connectivity index (χ0) is 23.2. The third-order valence-electron chi connectivity index (χ3n) is 6.30. The second-order valence-corrected chi connectivity index (χ2v) is 9.43. The van der Waals surface area contributed by atoms with Crippen LogP contribution in [0.1, 0.15) is 34.7 Å². The lowest BCUT2D eigenvalue weighted by atomic mass is 9.80. The van der Waals surface area contributed by atoms with Crippen LogP contribution in [0.3, 0.4) is 0 Å². The normalized spacial score (nSPS) is 19.5. The van der Waals surface area contributed by atoms with Gasteiger partial charge in [-0.2, -0.15) is 0 Å². The molecule has 1 amide bonds. The van der Waals surface area contributed by atoms with Gasteiger partial charge in [-0.3, -0.25) is 19.3 Å². The number of nitrogens with one attached hydrogen (secondary N) is 1. The fraction of sp³-hybridized carbons (Fsp3) is 0.346. The molecule has 7 heteroatoms. The van der Waals surface area contributed by atoms with Crippen LogP contribution in [0, 0.1) is 0 Å². The molecule has 1 heterocycles. The Balaban J connectivity index is 1.20. The van der Waals surface area contributed by atoms with Crippen LogP contribution in [0.15, 0.2) is 70.8 Å². The maximum atomic E-state index is 12.6. The van der Waals surface area contributed by atoms with Gasteiger partial charge in [0.2, 0.25) is 0 Å². The summed E-state index contributed by atoms with van der Waals surface area (Å²) in [6.45, 7) is 4.42. The van der Waals surface area contributed by atoms with Gasteiger partial charge in [0.05, 0.1) is 5.57 Å². The second kappa shape index (κ2) is 10.9. The molecule has 1 aliphatic heterocycles. The van der Waals surface area contributed by atoms with Crippen molar-refractivity contribution in [2.75, 3.05) is 39.3 Å². The van der Waals surface area contributed by atoms with Crippen molar-refractivity contribution in [2.24, 2.45) is 0 Å². The average Bonchev–Trinajstić information content (AvgIpc) is 2.84. The summed E-state index contributed by atoms with van der Waals surface area (Å²) in [6, 6.07) is 17.2. The molecule has 4 rings (SSSR count). The van der Waals surface area contributed by atoms with Crippen molar-refractivity contribution < 1.29 is 14.4 Å². The number of allylic oxidation sites excluding steroid dienone is 1. The Bertz CT molecular complexity index is 1010. The third kappa shape index (κ3) is 5.97. The summed E-state index contributed by atoms with van der Waals surface area (Å²) in [5.41, 5.74) is 2.03. The SMILES string of the molecule is O=C1CC(c2ccccc2)CC(=O)C1=CNCCN1CCN(C(=O)c2ccc(Br)cc2)CC1. The molecule has 2 aromatic rings. The van der Waals surface area contributed by atoms with Crippen LogP contribution in [0.25, 0.3) is 0 Å². The van der Waals surface area contributed by atoms with Crippen molar-refractivity contribution in [2.45, 2.75) is 18.8 Å². The standard InChI is InChI=1S/C26H28BrN3O3/c27-22-8-6-20(7-9-22)26(33)30-14-12-29(13-15-30)11-10-28-18-23-24(31)16-21(17-25(23)32)19-4-2-1-3-5-19/h1-9,18,21,28H,10-17H2. The molecule has 0 aromatic heterocycles. The fourth-order valence-electron chi connectivity index (χ4n) is 4.36. The molecule has 2 aromatic carbocycles. The quantitative estimate of drug-likeness (QED) is 0.367. The van der Waals surface area contributed by atoms with Gasteiger partial charge in [-0.15, -0.1) is 0 Å². The molecule has 2 aliphatic rings. The Hall–Kier alpha value is -2.77. The van der Waals surface area contributed by atoms with Gasteiger partial charge in [0.15, 0.2) is 11.6 Å². The first-order valence-electron chi connectivity index (χ1n) is 11.3. The highest BCUT2D eigenvalue weighted by molar-refractivity contribution is 9.10. The number of rotatable bonds is 6. The second-order valence-electron chi connectivity index (χ2n) is 8.52. The molecule has 1 saturated carbocycles. The van der Waals surface area contributed by atoms with E-state index >= 15 is 0 Å². The van der Waals surface area contributed by atoms with Crippen molar-refractivity contribution in [1.82, 2.24) is 15.1 Å². The molecule has 0 atom stereocenters. The van der Waals surface area contributed by atoms with E-state index in [0.717, 1.165) is 29.7 Å². The predicted octanol–water partition coefficient (Wildman–Crippen LogP) is 3.40. The molecule has 1 N–H and O–H groups in total. The van der Waals surface area contributed by atoms with E-state index in [-0.39, 0.29) is 29.0 Å². The summed E-state index contributed by atoms with van der Waals surface area (Å²) in [5, 5.41) is 3.15. The number of amides is 1. The number of carbonyl (C=O) groups excluding carboxylic acids is 3. The van der Waals surface area contributed by atoms with Crippen LogP contribution in [0.2, 0.25) is 0 Å². The molecule has 0 bridgehead atoms. The molecule has 1 aliphatic carbocycles. The summed E-state index contributed by atoms with van der Waals surface area (Å²) < 4.78 is 0.957. The predicted molar refractivity (Wildman–Crippen MR) is 131 cm³/mol. The third-order valence-corrected chi connectivity index (χ3v) is 6.83. The number of benzene rings is 2. The van der Waals surface area contributed by atoms with E-state index in [1.165, 1.54) is 0 Å². The lowest BCUT2D eigenvalue weighted by molar-refractivity contribution is -0.124. The molecular formula is C26H28BrN3O3. The van der Waals surface area contributed by atoms with Crippen LogP contribution >= 0.6 is 15.9 Å². The molecule has 1 saturated heterocycles. The molecule has 172 valence electrons. The Morgan fingerprint density at radius 1 is 0.939 bits per heavy atom. The largest absolute Gasteiger partial charge is 0.389 e. The Morgan fingerprint density at radius 3 is 2.21 bits per heavy atom. The van der Waals surface area contributed by atoms with Gasteiger partial charge in [0.25, 0.3) is 5.91 Å². The van der Waals surface area contributed by atoms with E-state index in [0.29, 0.717) is 38.0 Å². The fourth-order valence-corrected chi connectivity index (χ4v) is 4.63. The summed E-state index contributed by atoms with van der Waals surface area (Å²) in [6.07, 6.45) is 2.34. The van der Waals surface area contributed by atoms with Gasteiger partial charge < -0.3 is 10.2 Å². The lowest BCUT2D eigenvalue weighted by Crippen LogP contribution is -2.49. The van der Waals surface area contributed by atoms with E-state index < -0.39 is 0 Å². The van der Waals surface area contributed by atoms with E-state index in [1.807, 2.05) is 59.5 Å². The minimum Gasteiger partial charge on any atom is -0.389 e. The Labute approximate surface area is 202 Å². The number of hydrogen-bond donors (Lipinski definition) is 1. The van der Waals surface area contributed by atoms with Gasteiger partial charge in [-0.05, 0) is 35.7 Å². The van der Waals surface area contributed by atoms with Gasteiger partial charge in [-0.25, -0.2) is 0 Å². The first-order valence-corrected chi connectivity index (χ1v) is 12.1. The van der Waals surface area contributed by atoms with E-state index in [2.05, 4.69) is 26.1 Å². The van der Waals surface area contributed by atoms with Gasteiger partial charge in [0, 0.05) is 68.3 Å². The highest BCUT2D eigenvalue weighted by atomic mass is 79.9. The number of halogens is 1. The van der Waals surface area contributed by atoms with Crippen LogP contribution in [-0.2, 0) is 9.59 Å². The maximum absolute atomic E-state index is 12.6. The monoisotopic (exact) mass is 509 g/mol. The van der Waals surface area contributed by atoms with Crippen molar-refractivity contribution in [3.8, 4) is 0 Å². The van der Waals surface area contributed by atoms with E-state index in [1.54, 1.807) is 6.20 Å². The minimum absolute atomic E-state index is 0.0280. The Kier molecular flexibility index (Phi) is 7.73. The minimum atomic E-state index is -0.0901. The van der Waals surface area contributed by atoms with Crippen molar-refractivity contribution in [1.29, 1.82) is 0 Å². The molecule has 2 fully saturated rings. The van der Waals surface area contributed by atoms with Crippen LogP contribution in [0.4, 0.5) is 0 Å². The number of nitrogens with zero attached hydrogens (tertiary/aromatic N) is 2. The lowest BCUT2D eigenvalue weighted by Gasteiger charge is -2.34. The van der Waals surface area contributed by atoms with E-state index in [4.69, 9.17) is 0 Å². The summed E-state index contributed by atoms with van der Waals surface area (Å²) in [7, 11) is 0. The number of ketones is 2. The van der Waals surface area contributed by atoms with Gasteiger partial charge in [-0.1, -0.05) is 46.3 Å². The molecule has 33 heavy (non-hydrogen) atoms. The van der Waals surface area contributed by atoms with Crippen LogP contribution in [-0.4, -0.2) is 66.5 Å². The smallest absolute Gasteiger partial charge is 0.253 e. The highest BCUT2D eigenvalue weighted by Gasteiger charge is 2.31. The molecule has 6 nitrogen and oxygen atoms in total. The zero-order valence-electron chi connectivity index (χ0n) is 18.5. The topological polar surface area (TPSA) is 69.7 Å². The number of piperazine rings is 1. The highest BCUT2D eigenvalue weighted by Crippen LogP contribution is 2.31. The van der Waals surface area contributed by atoms with Crippen molar-refractivity contribution >= 4 is 33.4 Å². The summed E-state index contributed by atoms with van der Waals surface area (Å²) >= 11 is 3.39. The van der Waals surface area contributed by atoms with Crippen molar-refractivity contribution in [3.05, 3.63) is 82.0 Å². The first kappa shape index (κ1) is 23.4.